The number of allylic oxidation sites excluding steroid dienone is 2. The lowest BCUT2D eigenvalue weighted by molar-refractivity contribution is 0.0655. The number of unbranched alkanes of at least 4 members (excludes halogenated alkanes) is 8. The molecule has 0 aromatic heterocycles. The van der Waals surface area contributed by atoms with Gasteiger partial charge in [0.05, 0.1) is 11.4 Å². The summed E-state index contributed by atoms with van der Waals surface area (Å²) < 4.78 is 0. The van der Waals surface area contributed by atoms with Gasteiger partial charge in [-0.3, -0.25) is 0 Å². The highest BCUT2D eigenvalue weighted by Crippen LogP contribution is 2.27. The highest BCUT2D eigenvalue weighted by molar-refractivity contribution is 5.20. The lowest BCUT2D eigenvalue weighted by Gasteiger charge is -2.26. The first-order chi connectivity index (χ1) is 9.16. The third kappa shape index (κ3) is 7.41. The quantitative estimate of drug-likeness (QED) is 0.544. The maximum atomic E-state index is 10.3. The minimum Gasteiger partial charge on any atom is -0.512 e. The average molecular weight is 266 g/mol. The number of rotatable bonds is 10. The van der Waals surface area contributed by atoms with Crippen molar-refractivity contribution in [1.82, 2.24) is 0 Å². The summed E-state index contributed by atoms with van der Waals surface area (Å²) in [5, 5.41) is 19.7. The molecule has 2 N–H and O–H groups in total. The number of aliphatic hydroxyl groups is 2. The van der Waals surface area contributed by atoms with E-state index in [1.165, 1.54) is 51.4 Å². The molecule has 0 saturated carbocycles. The van der Waals surface area contributed by atoms with Gasteiger partial charge in [-0.05, 0) is 12.5 Å². The van der Waals surface area contributed by atoms with Gasteiger partial charge in [0, 0.05) is 6.42 Å². The van der Waals surface area contributed by atoms with Crippen LogP contribution >= 0.6 is 0 Å². The second-order valence-corrected chi connectivity index (χ2v) is 5.88. The predicted molar refractivity (Wildman–Crippen MR) is 81.3 cm³/mol. The summed E-state index contributed by atoms with van der Waals surface area (Å²) in [4.78, 5) is 0. The Morgan fingerprint density at radius 2 is 1.58 bits per heavy atom. The molecule has 0 heterocycles. The van der Waals surface area contributed by atoms with E-state index >= 15 is 0 Å². The summed E-state index contributed by atoms with van der Waals surface area (Å²) >= 11 is 0. The van der Waals surface area contributed by atoms with Gasteiger partial charge in [0.2, 0.25) is 0 Å². The first kappa shape index (κ1) is 16.3. The van der Waals surface area contributed by atoms with Crippen LogP contribution in [0.5, 0.6) is 0 Å². The van der Waals surface area contributed by atoms with Crippen LogP contribution in [0.3, 0.4) is 0 Å². The van der Waals surface area contributed by atoms with E-state index < -0.39 is 5.60 Å². The smallest absolute Gasteiger partial charge is 0.0954 e. The molecule has 19 heavy (non-hydrogen) atoms. The molecule has 0 bridgehead atoms. The summed E-state index contributed by atoms with van der Waals surface area (Å²) in [6, 6.07) is 0. The SMILES string of the molecule is CCCCCCCCCCCC1(O)C=CC=C(O)C1. The minimum atomic E-state index is -0.806. The van der Waals surface area contributed by atoms with Crippen molar-refractivity contribution >= 4 is 0 Å². The number of hydrogen-bond donors (Lipinski definition) is 2. The molecule has 0 aromatic rings. The Balaban J connectivity index is 1.96. The van der Waals surface area contributed by atoms with Gasteiger partial charge in [-0.25, -0.2) is 0 Å². The number of hydrogen-bond acceptors (Lipinski definition) is 2. The molecule has 0 fully saturated rings. The Labute approximate surface area is 118 Å². The van der Waals surface area contributed by atoms with Crippen LogP contribution in [-0.2, 0) is 0 Å². The van der Waals surface area contributed by atoms with Crippen molar-refractivity contribution < 1.29 is 10.2 Å². The van der Waals surface area contributed by atoms with Crippen molar-refractivity contribution in [2.24, 2.45) is 0 Å². The standard InChI is InChI=1S/C17H30O2/c1-2-3-4-5-6-7-8-9-10-13-17(19)14-11-12-16(18)15-17/h11-12,14,18-19H,2-10,13,15H2,1H3. The summed E-state index contributed by atoms with van der Waals surface area (Å²) in [5.41, 5.74) is -0.806. The van der Waals surface area contributed by atoms with E-state index in [1.54, 1.807) is 12.2 Å². The first-order valence-corrected chi connectivity index (χ1v) is 7.96. The molecule has 110 valence electrons. The van der Waals surface area contributed by atoms with E-state index in [-0.39, 0.29) is 0 Å². The van der Waals surface area contributed by atoms with E-state index in [0.29, 0.717) is 12.2 Å². The third-order valence-corrected chi connectivity index (χ3v) is 3.90. The Morgan fingerprint density at radius 3 is 2.16 bits per heavy atom. The highest BCUT2D eigenvalue weighted by Gasteiger charge is 2.26. The van der Waals surface area contributed by atoms with E-state index in [2.05, 4.69) is 6.92 Å². The van der Waals surface area contributed by atoms with Crippen molar-refractivity contribution in [3.63, 3.8) is 0 Å². The Kier molecular flexibility index (Phi) is 7.88. The van der Waals surface area contributed by atoms with Crippen LogP contribution in [0.1, 0.15) is 77.6 Å². The monoisotopic (exact) mass is 266 g/mol. The minimum absolute atomic E-state index is 0.293. The molecule has 2 heteroatoms. The zero-order valence-electron chi connectivity index (χ0n) is 12.4. The molecular weight excluding hydrogens is 236 g/mol. The molecule has 1 unspecified atom stereocenters. The molecule has 0 aliphatic heterocycles. The van der Waals surface area contributed by atoms with Gasteiger partial charge in [-0.1, -0.05) is 76.9 Å². The summed E-state index contributed by atoms with van der Waals surface area (Å²) in [7, 11) is 0. The van der Waals surface area contributed by atoms with Gasteiger partial charge in [-0.15, -0.1) is 0 Å². The van der Waals surface area contributed by atoms with Crippen molar-refractivity contribution in [1.29, 1.82) is 0 Å². The molecule has 0 saturated heterocycles. The molecule has 1 aliphatic rings. The second-order valence-electron chi connectivity index (χ2n) is 5.88. The molecule has 2 nitrogen and oxygen atoms in total. The topological polar surface area (TPSA) is 40.5 Å². The van der Waals surface area contributed by atoms with Crippen molar-refractivity contribution in [2.45, 2.75) is 83.2 Å². The molecule has 0 aromatic carbocycles. The van der Waals surface area contributed by atoms with Gasteiger partial charge in [0.15, 0.2) is 0 Å². The summed E-state index contributed by atoms with van der Waals surface area (Å²) in [6.07, 6.45) is 18.0. The van der Waals surface area contributed by atoms with E-state index in [1.807, 2.05) is 6.08 Å². The van der Waals surface area contributed by atoms with Crippen LogP contribution in [0.25, 0.3) is 0 Å². The van der Waals surface area contributed by atoms with E-state index in [0.717, 1.165) is 12.8 Å². The third-order valence-electron chi connectivity index (χ3n) is 3.90. The van der Waals surface area contributed by atoms with Gasteiger partial charge in [0.25, 0.3) is 0 Å². The van der Waals surface area contributed by atoms with Crippen molar-refractivity contribution in [3.05, 3.63) is 24.0 Å². The Bertz CT molecular complexity index is 294. The molecule has 0 amide bonds. The van der Waals surface area contributed by atoms with Gasteiger partial charge < -0.3 is 10.2 Å². The lowest BCUT2D eigenvalue weighted by Crippen LogP contribution is -2.27. The van der Waals surface area contributed by atoms with Crippen LogP contribution in [-0.4, -0.2) is 15.8 Å². The first-order valence-electron chi connectivity index (χ1n) is 7.96. The number of aliphatic hydroxyl groups excluding tert-OH is 1. The highest BCUT2D eigenvalue weighted by atomic mass is 16.3. The molecule has 1 rings (SSSR count). The van der Waals surface area contributed by atoms with E-state index in [9.17, 15) is 10.2 Å². The van der Waals surface area contributed by atoms with Crippen LogP contribution < -0.4 is 0 Å². The normalized spacial score (nSPS) is 22.5. The van der Waals surface area contributed by atoms with Crippen molar-refractivity contribution in [2.75, 3.05) is 0 Å². The fraction of sp³-hybridized carbons (Fsp3) is 0.765. The molecule has 1 atom stereocenters. The zero-order valence-corrected chi connectivity index (χ0v) is 12.4. The fourth-order valence-electron chi connectivity index (χ4n) is 2.68. The van der Waals surface area contributed by atoms with Gasteiger partial charge in [-0.2, -0.15) is 0 Å². The average Bonchev–Trinajstić information content (AvgIpc) is 2.36. The van der Waals surface area contributed by atoms with Gasteiger partial charge in [0.1, 0.15) is 0 Å². The summed E-state index contributed by atoms with van der Waals surface area (Å²) in [5.74, 6) is 0.293. The van der Waals surface area contributed by atoms with Gasteiger partial charge >= 0.3 is 0 Å². The van der Waals surface area contributed by atoms with Crippen LogP contribution in [0, 0.1) is 0 Å². The maximum absolute atomic E-state index is 10.3. The predicted octanol–water partition coefficient (Wildman–Crippen LogP) is 5.04. The second kappa shape index (κ2) is 9.19. The fourth-order valence-corrected chi connectivity index (χ4v) is 2.68. The molecular formula is C17H30O2. The van der Waals surface area contributed by atoms with Crippen LogP contribution in [0.4, 0.5) is 0 Å². The lowest BCUT2D eigenvalue weighted by atomic mass is 9.88. The van der Waals surface area contributed by atoms with Crippen LogP contribution in [0.15, 0.2) is 24.0 Å². The Morgan fingerprint density at radius 1 is 1.00 bits per heavy atom. The molecule has 0 radical (unpaired) electrons. The maximum Gasteiger partial charge on any atom is 0.0954 e. The zero-order chi connectivity index (χ0) is 14.0. The van der Waals surface area contributed by atoms with Crippen molar-refractivity contribution in [3.8, 4) is 0 Å². The summed E-state index contributed by atoms with van der Waals surface area (Å²) in [6.45, 7) is 2.25. The molecule has 1 aliphatic carbocycles. The van der Waals surface area contributed by atoms with E-state index in [4.69, 9.17) is 0 Å². The molecule has 0 spiro atoms. The largest absolute Gasteiger partial charge is 0.512 e. The van der Waals surface area contributed by atoms with Crippen LogP contribution in [0.2, 0.25) is 0 Å². The Hall–Kier alpha value is -0.760.